The number of rotatable bonds is 28. The number of nitrogens with zero attached hydrogens (tertiary/aromatic N) is 6. The zero-order valence-corrected chi connectivity index (χ0v) is 38.2. The third-order valence-corrected chi connectivity index (χ3v) is 10.8. The van der Waals surface area contributed by atoms with Gasteiger partial charge in [0.05, 0.1) is 17.6 Å². The standard InChI is InChI=1S/C45H63N13O8/c1-6-7-21-34-53-38-39(58(34)25-29-16-9-8-10-17-29)30-18-11-12-19-31(30)51-41(38)55-57-66-44(64)37(28(4)5)54-42(62)32(20-15-23-48-45(46)65)52-43(63)36(27(2)3)40(61)33(26-59)50-35(60)22-13-14-24-49-56-47/h8-12,16-19,27-28,32-33,36-37,57,59H,6-7,13-15,20-26H2,1-5H3,(H,50,60)(H,51,55)(H,52,63)(H,54,62)(H3,46,48,65). The molecule has 2 heterocycles. The van der Waals surface area contributed by atoms with Crippen LogP contribution in [0.25, 0.3) is 32.4 Å². The lowest BCUT2D eigenvalue weighted by Crippen LogP contribution is -2.57. The number of aromatic nitrogens is 3. The number of hydrazine groups is 1. The highest BCUT2D eigenvalue weighted by Crippen LogP contribution is 2.31. The van der Waals surface area contributed by atoms with Crippen molar-refractivity contribution in [1.29, 1.82) is 0 Å². The SMILES string of the molecule is CCCCc1nc2c(NNOC(=O)C(NC(=O)C(CCCNC(N)=O)NC(=O)C(C(=O)C(CO)NC(=O)CCCCN=[N+]=[N-])C(C)C)C(C)C)nc3ccccc3c2n1Cc1ccccc1. The molecule has 0 spiro atoms. The van der Waals surface area contributed by atoms with Gasteiger partial charge >= 0.3 is 12.0 Å². The average Bonchev–Trinajstić information content (AvgIpc) is 3.65. The van der Waals surface area contributed by atoms with Crippen molar-refractivity contribution >= 4 is 63.3 Å². The monoisotopic (exact) mass is 913 g/mol. The Labute approximate surface area is 383 Å². The minimum Gasteiger partial charge on any atom is -0.394 e. The highest BCUT2D eigenvalue weighted by molar-refractivity contribution is 6.07. The van der Waals surface area contributed by atoms with Gasteiger partial charge in [-0.3, -0.25) is 24.6 Å². The first-order chi connectivity index (χ1) is 31.7. The van der Waals surface area contributed by atoms with Gasteiger partial charge in [0.25, 0.3) is 0 Å². The summed E-state index contributed by atoms with van der Waals surface area (Å²) in [5.74, 6) is -5.22. The largest absolute Gasteiger partial charge is 0.394 e. The fourth-order valence-electron chi connectivity index (χ4n) is 7.38. The fraction of sp³-hybridized carbons (Fsp3) is 0.511. The van der Waals surface area contributed by atoms with Crippen molar-refractivity contribution in [3.05, 3.63) is 76.4 Å². The lowest BCUT2D eigenvalue weighted by molar-refractivity contribution is -0.155. The first kappa shape index (κ1) is 51.8. The van der Waals surface area contributed by atoms with E-state index in [1.807, 2.05) is 42.5 Å². The van der Waals surface area contributed by atoms with Crippen LogP contribution in [0, 0.1) is 17.8 Å². The maximum atomic E-state index is 14.0. The van der Waals surface area contributed by atoms with E-state index in [1.54, 1.807) is 27.7 Å². The summed E-state index contributed by atoms with van der Waals surface area (Å²) < 4.78 is 2.19. The second kappa shape index (κ2) is 26.2. The van der Waals surface area contributed by atoms with Gasteiger partial charge in [-0.15, -0.1) is 0 Å². The van der Waals surface area contributed by atoms with Crippen molar-refractivity contribution in [3.63, 3.8) is 0 Å². The molecule has 0 saturated carbocycles. The number of Topliss-reactive ketones (excluding diaryl/α,β-unsaturated/α-hetero) is 1. The summed E-state index contributed by atoms with van der Waals surface area (Å²) in [6.07, 6.45) is 3.51. The number of imidazole rings is 1. The zero-order chi connectivity index (χ0) is 48.2. The van der Waals surface area contributed by atoms with Crippen LogP contribution >= 0.6 is 0 Å². The number of aryl methyl sites for hydroxylation is 1. The number of azide groups is 1. The molecule has 2 aromatic carbocycles. The van der Waals surface area contributed by atoms with Crippen LogP contribution in [0.15, 0.2) is 59.7 Å². The zero-order valence-electron chi connectivity index (χ0n) is 38.2. The molecule has 0 aliphatic heterocycles. The van der Waals surface area contributed by atoms with E-state index in [0.717, 1.165) is 41.6 Å². The molecule has 0 aliphatic carbocycles. The van der Waals surface area contributed by atoms with Gasteiger partial charge in [0, 0.05) is 42.8 Å². The number of ketones is 1. The number of nitrogens with one attached hydrogen (secondary N) is 6. The Balaban J connectivity index is 1.51. The van der Waals surface area contributed by atoms with Gasteiger partial charge in [-0.2, -0.15) is 0 Å². The van der Waals surface area contributed by atoms with E-state index in [9.17, 15) is 33.9 Å². The Morgan fingerprint density at radius 2 is 1.61 bits per heavy atom. The van der Waals surface area contributed by atoms with Crippen molar-refractivity contribution < 1.29 is 38.7 Å². The van der Waals surface area contributed by atoms with Gasteiger partial charge in [0.2, 0.25) is 17.7 Å². The van der Waals surface area contributed by atoms with Crippen LogP contribution < -0.4 is 38.0 Å². The predicted octanol–water partition coefficient (Wildman–Crippen LogP) is 4.22. The van der Waals surface area contributed by atoms with E-state index in [1.165, 1.54) is 0 Å². The Kier molecular flexibility index (Phi) is 20.6. The number of hydrogen-bond donors (Lipinski definition) is 8. The van der Waals surface area contributed by atoms with Gasteiger partial charge in [-0.1, -0.05) is 100 Å². The summed E-state index contributed by atoms with van der Waals surface area (Å²) in [6.45, 7) is 8.73. The molecule has 0 radical (unpaired) electrons. The summed E-state index contributed by atoms with van der Waals surface area (Å²) >= 11 is 0. The molecule has 5 amide bonds. The molecule has 4 atom stereocenters. The molecule has 2 aromatic heterocycles. The second-order valence-electron chi connectivity index (χ2n) is 16.6. The first-order valence-corrected chi connectivity index (χ1v) is 22.3. The molecule has 356 valence electrons. The predicted molar refractivity (Wildman–Crippen MR) is 248 cm³/mol. The molecular formula is C45H63N13O8. The second-order valence-corrected chi connectivity index (χ2v) is 16.6. The van der Waals surface area contributed by atoms with Crippen LogP contribution in [0.3, 0.4) is 0 Å². The van der Waals surface area contributed by atoms with Crippen molar-refractivity contribution in [1.82, 2.24) is 41.4 Å². The van der Waals surface area contributed by atoms with Gasteiger partial charge in [-0.25, -0.2) is 19.6 Å². The molecule has 4 aromatic rings. The Morgan fingerprint density at radius 3 is 2.27 bits per heavy atom. The number of pyridine rings is 1. The number of carbonyl (C=O) groups is 6. The number of primary amides is 1. The molecule has 0 saturated heterocycles. The lowest BCUT2D eigenvalue weighted by atomic mass is 9.86. The van der Waals surface area contributed by atoms with E-state index >= 15 is 0 Å². The number of urea groups is 1. The first-order valence-electron chi connectivity index (χ1n) is 22.3. The molecular weight excluding hydrogens is 851 g/mol. The molecule has 21 nitrogen and oxygen atoms in total. The van der Waals surface area contributed by atoms with Crippen molar-refractivity contribution in [2.75, 3.05) is 25.1 Å². The summed E-state index contributed by atoms with van der Waals surface area (Å²) in [5.41, 5.74) is 22.2. The van der Waals surface area contributed by atoms with Crippen LogP contribution in [-0.4, -0.2) is 93.0 Å². The average molecular weight is 914 g/mol. The number of fused-ring (bicyclic) bond motifs is 3. The number of aliphatic hydroxyl groups excluding tert-OH is 1. The normalized spacial score (nSPS) is 13.0. The molecule has 4 unspecified atom stereocenters. The molecule has 4 rings (SSSR count). The quantitative estimate of drug-likeness (QED) is 0.00992. The van der Waals surface area contributed by atoms with E-state index in [-0.39, 0.29) is 32.4 Å². The maximum Gasteiger partial charge on any atom is 0.349 e. The van der Waals surface area contributed by atoms with Crippen molar-refractivity contribution in [2.45, 2.75) is 111 Å². The van der Waals surface area contributed by atoms with Crippen LogP contribution in [0.2, 0.25) is 0 Å². The third kappa shape index (κ3) is 14.9. The third-order valence-electron chi connectivity index (χ3n) is 10.8. The molecule has 0 aliphatic rings. The number of hydrogen-bond acceptors (Lipinski definition) is 13. The number of benzene rings is 2. The number of aliphatic hydroxyl groups is 1. The molecule has 0 fully saturated rings. The molecule has 0 bridgehead atoms. The number of carbonyl (C=O) groups excluding carboxylic acids is 6. The number of amides is 5. The molecule has 66 heavy (non-hydrogen) atoms. The minimum atomic E-state index is -1.42. The number of unbranched alkanes of at least 4 members (excludes halogenated alkanes) is 2. The lowest BCUT2D eigenvalue weighted by Gasteiger charge is -2.28. The van der Waals surface area contributed by atoms with Gasteiger partial charge in [-0.05, 0) is 61.1 Å². The summed E-state index contributed by atoms with van der Waals surface area (Å²) in [7, 11) is 0. The summed E-state index contributed by atoms with van der Waals surface area (Å²) in [5, 5.41) is 24.6. The minimum absolute atomic E-state index is 0.0133. The summed E-state index contributed by atoms with van der Waals surface area (Å²) in [4.78, 5) is 97.2. The smallest absolute Gasteiger partial charge is 0.349 e. The highest BCUT2D eigenvalue weighted by Gasteiger charge is 2.38. The van der Waals surface area contributed by atoms with Crippen molar-refractivity contribution in [2.24, 2.45) is 28.6 Å². The van der Waals surface area contributed by atoms with Crippen LogP contribution in [0.4, 0.5) is 10.6 Å². The van der Waals surface area contributed by atoms with Crippen molar-refractivity contribution in [3.8, 4) is 0 Å². The number of para-hydroxylation sites is 1. The van der Waals surface area contributed by atoms with Crippen LogP contribution in [0.5, 0.6) is 0 Å². The number of anilines is 1. The fourth-order valence-corrected chi connectivity index (χ4v) is 7.38. The maximum absolute atomic E-state index is 14.0. The topological polar surface area (TPSA) is 310 Å². The van der Waals surface area contributed by atoms with Gasteiger partial charge in [0.1, 0.15) is 35.4 Å². The van der Waals surface area contributed by atoms with Crippen LogP contribution in [-0.2, 0) is 41.8 Å². The van der Waals surface area contributed by atoms with E-state index < -0.39 is 78.0 Å². The molecule has 21 heteroatoms. The Bertz CT molecular complexity index is 2330. The number of nitrogens with two attached hydrogens (primary N) is 1. The Morgan fingerprint density at radius 1 is 0.879 bits per heavy atom. The van der Waals surface area contributed by atoms with Gasteiger partial charge < -0.3 is 41.5 Å². The van der Waals surface area contributed by atoms with E-state index in [4.69, 9.17) is 26.1 Å². The van der Waals surface area contributed by atoms with Gasteiger partial charge in [0.15, 0.2) is 11.6 Å². The highest BCUT2D eigenvalue weighted by atomic mass is 16.7. The Hall–Kier alpha value is -6.83. The summed E-state index contributed by atoms with van der Waals surface area (Å²) in [6, 6.07) is 13.0. The van der Waals surface area contributed by atoms with E-state index in [0.29, 0.717) is 36.2 Å². The van der Waals surface area contributed by atoms with Crippen LogP contribution in [0.1, 0.15) is 91.0 Å². The van der Waals surface area contributed by atoms with E-state index in [2.05, 4.69) is 65.9 Å². The molecule has 9 N–H and O–H groups in total.